The largest absolute Gasteiger partial charge is 0.391 e. The molecule has 2 atom stereocenters. The van der Waals surface area contributed by atoms with Gasteiger partial charge in [-0.3, -0.25) is 4.79 Å². The van der Waals surface area contributed by atoms with Gasteiger partial charge in [0.05, 0.1) is 5.92 Å². The lowest BCUT2D eigenvalue weighted by Gasteiger charge is -2.33. The summed E-state index contributed by atoms with van der Waals surface area (Å²) >= 11 is 0. The Morgan fingerprint density at radius 1 is 1.17 bits per heavy atom. The van der Waals surface area contributed by atoms with Gasteiger partial charge in [0, 0.05) is 25.6 Å². The molecule has 2 N–H and O–H groups in total. The Hall–Kier alpha value is -1.56. The van der Waals surface area contributed by atoms with Crippen LogP contribution in [0.25, 0.3) is 0 Å². The van der Waals surface area contributed by atoms with E-state index in [1.54, 1.807) is 4.90 Å². The third-order valence-electron chi connectivity index (χ3n) is 4.71. The molecule has 2 unspecified atom stereocenters. The first-order valence-corrected chi connectivity index (χ1v) is 8.51. The molecule has 0 saturated heterocycles. The maximum absolute atomic E-state index is 13.0. The quantitative estimate of drug-likeness (QED) is 0.861. The maximum atomic E-state index is 13.0. The molecule has 0 radical (unpaired) electrons. The number of nitrogens with two attached hydrogens (primary N) is 1. The number of carbonyl (C=O) groups excluding carboxylic acids is 1. The second-order valence-corrected chi connectivity index (χ2v) is 6.45. The number of carbonyl (C=O) groups is 1. The summed E-state index contributed by atoms with van der Waals surface area (Å²) in [5.74, 6) is -2.06. The molecule has 0 heterocycles. The van der Waals surface area contributed by atoms with Gasteiger partial charge < -0.3 is 10.6 Å². The molecule has 24 heavy (non-hydrogen) atoms. The van der Waals surface area contributed by atoms with Crippen LogP contribution in [-0.4, -0.2) is 36.6 Å². The van der Waals surface area contributed by atoms with Crippen molar-refractivity contribution in [2.75, 3.05) is 19.6 Å². The van der Waals surface area contributed by atoms with Crippen molar-refractivity contribution in [1.82, 2.24) is 4.90 Å². The van der Waals surface area contributed by atoms with Crippen LogP contribution in [0.15, 0.2) is 30.3 Å². The lowest BCUT2D eigenvalue weighted by atomic mass is 9.80. The van der Waals surface area contributed by atoms with Gasteiger partial charge in [-0.25, -0.2) is 0 Å². The molecule has 1 aromatic carbocycles. The van der Waals surface area contributed by atoms with Crippen LogP contribution < -0.4 is 5.73 Å². The fraction of sp³-hybridized carbons (Fsp3) is 0.611. The molecule has 1 aliphatic carbocycles. The van der Waals surface area contributed by atoms with Gasteiger partial charge in [0.15, 0.2) is 0 Å². The van der Waals surface area contributed by atoms with E-state index in [-0.39, 0.29) is 18.7 Å². The number of nitrogens with zero attached hydrogens (tertiary/aromatic N) is 1. The minimum Gasteiger partial charge on any atom is -0.341 e. The van der Waals surface area contributed by atoms with Crippen molar-refractivity contribution in [2.24, 2.45) is 17.6 Å². The molecule has 1 fully saturated rings. The lowest BCUT2D eigenvalue weighted by Crippen LogP contribution is -2.43. The zero-order chi connectivity index (χ0) is 17.6. The van der Waals surface area contributed by atoms with E-state index in [0.717, 1.165) is 5.56 Å². The Labute approximate surface area is 141 Å². The van der Waals surface area contributed by atoms with E-state index in [2.05, 4.69) is 0 Å². The molecule has 0 aliphatic heterocycles. The van der Waals surface area contributed by atoms with Gasteiger partial charge in [-0.2, -0.15) is 13.2 Å². The summed E-state index contributed by atoms with van der Waals surface area (Å²) in [6.07, 6.45) is -2.49. The van der Waals surface area contributed by atoms with Crippen molar-refractivity contribution >= 4 is 5.91 Å². The molecule has 2 rings (SSSR count). The molecular weight excluding hydrogens is 317 g/mol. The Kier molecular flexibility index (Phi) is 6.66. The highest BCUT2D eigenvalue weighted by Crippen LogP contribution is 2.40. The normalized spacial score (nSPS) is 21.5. The van der Waals surface area contributed by atoms with Crippen LogP contribution in [0.1, 0.15) is 31.2 Å². The van der Waals surface area contributed by atoms with Crippen LogP contribution in [0.4, 0.5) is 13.2 Å². The highest BCUT2D eigenvalue weighted by molar-refractivity contribution is 5.79. The minimum absolute atomic E-state index is 0.0885. The predicted molar refractivity (Wildman–Crippen MR) is 87.3 cm³/mol. The minimum atomic E-state index is -4.21. The van der Waals surface area contributed by atoms with E-state index in [9.17, 15) is 18.0 Å². The van der Waals surface area contributed by atoms with E-state index in [0.29, 0.717) is 38.9 Å². The summed E-state index contributed by atoms with van der Waals surface area (Å²) in [6.45, 7) is 1.20. The van der Waals surface area contributed by atoms with Crippen molar-refractivity contribution in [3.05, 3.63) is 35.9 Å². The predicted octanol–water partition coefficient (Wildman–Crippen LogP) is 3.39. The van der Waals surface area contributed by atoms with Gasteiger partial charge in [-0.05, 0) is 31.2 Å². The summed E-state index contributed by atoms with van der Waals surface area (Å²) in [5, 5.41) is 0. The highest BCUT2D eigenvalue weighted by Gasteiger charge is 2.44. The molecule has 1 aromatic rings. The van der Waals surface area contributed by atoms with Gasteiger partial charge in [-0.15, -0.1) is 0 Å². The Balaban J connectivity index is 1.97. The highest BCUT2D eigenvalue weighted by atomic mass is 19.4. The molecule has 0 spiro atoms. The van der Waals surface area contributed by atoms with Crippen LogP contribution in [-0.2, 0) is 11.2 Å². The third-order valence-corrected chi connectivity index (χ3v) is 4.71. The fourth-order valence-electron chi connectivity index (χ4n) is 3.37. The molecule has 3 nitrogen and oxygen atoms in total. The first-order chi connectivity index (χ1) is 11.4. The smallest absolute Gasteiger partial charge is 0.341 e. The van der Waals surface area contributed by atoms with E-state index >= 15 is 0 Å². The van der Waals surface area contributed by atoms with Crippen LogP contribution in [0.5, 0.6) is 0 Å². The van der Waals surface area contributed by atoms with Crippen molar-refractivity contribution in [1.29, 1.82) is 0 Å². The Bertz CT molecular complexity index is 519. The van der Waals surface area contributed by atoms with Gasteiger partial charge >= 0.3 is 6.18 Å². The second-order valence-electron chi connectivity index (χ2n) is 6.45. The SMILES string of the molecule is NCCN(CCc1ccccc1)C(=O)C1CCCC(C(F)(F)F)C1. The molecule has 1 amide bonds. The van der Waals surface area contributed by atoms with E-state index in [1.807, 2.05) is 30.3 Å². The number of amides is 1. The van der Waals surface area contributed by atoms with Gasteiger partial charge in [0.1, 0.15) is 0 Å². The molecule has 0 aromatic heterocycles. The van der Waals surface area contributed by atoms with Crippen LogP contribution in [0, 0.1) is 11.8 Å². The number of hydrogen-bond acceptors (Lipinski definition) is 2. The average molecular weight is 342 g/mol. The number of benzene rings is 1. The molecule has 1 aliphatic rings. The van der Waals surface area contributed by atoms with Crippen molar-refractivity contribution in [3.8, 4) is 0 Å². The first kappa shape index (κ1) is 18.8. The topological polar surface area (TPSA) is 46.3 Å². The molecule has 134 valence electrons. The van der Waals surface area contributed by atoms with Gasteiger partial charge in [-0.1, -0.05) is 36.8 Å². The van der Waals surface area contributed by atoms with E-state index in [4.69, 9.17) is 5.73 Å². The maximum Gasteiger partial charge on any atom is 0.391 e. The summed E-state index contributed by atoms with van der Waals surface area (Å²) in [6, 6.07) is 9.74. The van der Waals surface area contributed by atoms with Gasteiger partial charge in [0.25, 0.3) is 0 Å². The number of hydrogen-bond donors (Lipinski definition) is 1. The van der Waals surface area contributed by atoms with Crippen molar-refractivity contribution < 1.29 is 18.0 Å². The number of rotatable bonds is 6. The first-order valence-electron chi connectivity index (χ1n) is 8.51. The molecule has 0 bridgehead atoms. The van der Waals surface area contributed by atoms with Crippen molar-refractivity contribution in [2.45, 2.75) is 38.3 Å². The fourth-order valence-corrected chi connectivity index (χ4v) is 3.37. The van der Waals surface area contributed by atoms with E-state index < -0.39 is 18.0 Å². The zero-order valence-corrected chi connectivity index (χ0v) is 13.8. The zero-order valence-electron chi connectivity index (χ0n) is 13.8. The van der Waals surface area contributed by atoms with Crippen LogP contribution in [0.3, 0.4) is 0 Å². The lowest BCUT2D eigenvalue weighted by molar-refractivity contribution is -0.187. The molecule has 6 heteroatoms. The molecular formula is C18H25F3N2O. The average Bonchev–Trinajstić information content (AvgIpc) is 2.58. The summed E-state index contributed by atoms with van der Waals surface area (Å²) < 4.78 is 38.9. The molecule has 1 saturated carbocycles. The summed E-state index contributed by atoms with van der Waals surface area (Å²) in [7, 11) is 0. The van der Waals surface area contributed by atoms with Crippen LogP contribution in [0.2, 0.25) is 0 Å². The van der Waals surface area contributed by atoms with Crippen LogP contribution >= 0.6 is 0 Å². The summed E-state index contributed by atoms with van der Waals surface area (Å²) in [4.78, 5) is 14.3. The second kappa shape index (κ2) is 8.51. The third kappa shape index (κ3) is 5.23. The number of halogens is 3. The number of alkyl halides is 3. The van der Waals surface area contributed by atoms with Gasteiger partial charge in [0.2, 0.25) is 5.91 Å². The Morgan fingerprint density at radius 3 is 2.50 bits per heavy atom. The monoisotopic (exact) mass is 342 g/mol. The van der Waals surface area contributed by atoms with Crippen molar-refractivity contribution in [3.63, 3.8) is 0 Å². The van der Waals surface area contributed by atoms with E-state index in [1.165, 1.54) is 0 Å². The standard InChI is InChI=1S/C18H25F3N2O/c19-18(20,21)16-8-4-7-15(13-16)17(24)23(12-10-22)11-9-14-5-2-1-3-6-14/h1-3,5-6,15-16H,4,7-13,22H2. The Morgan fingerprint density at radius 2 is 1.88 bits per heavy atom. The summed E-state index contributed by atoms with van der Waals surface area (Å²) in [5.41, 5.74) is 6.69.